The topological polar surface area (TPSA) is 75.3 Å². The van der Waals surface area contributed by atoms with Crippen LogP contribution in [0.5, 0.6) is 0 Å². The van der Waals surface area contributed by atoms with Gasteiger partial charge in [0.15, 0.2) is 6.54 Å². The highest BCUT2D eigenvalue weighted by molar-refractivity contribution is 5.76. The molecule has 0 aliphatic rings. The van der Waals surface area contributed by atoms with E-state index in [0.717, 1.165) is 0 Å². The van der Waals surface area contributed by atoms with Gasteiger partial charge < -0.3 is 26.6 Å². The molecule has 0 spiro atoms. The lowest BCUT2D eigenvalue weighted by atomic mass is 10.4. The number of aliphatic hydroxyl groups is 1. The number of nitrogens with zero attached hydrogens (tertiary/aromatic N) is 1. The van der Waals surface area contributed by atoms with Gasteiger partial charge in [0.2, 0.25) is 0 Å². The van der Waals surface area contributed by atoms with Crippen molar-refractivity contribution in [3.63, 3.8) is 0 Å². The van der Waals surface area contributed by atoms with Crippen LogP contribution in [-0.2, 0) is 4.79 Å². The predicted molar refractivity (Wildman–Crippen MR) is 41.3 cm³/mol. The van der Waals surface area contributed by atoms with Crippen molar-refractivity contribution in [3.8, 4) is 0 Å². The lowest BCUT2D eigenvalue weighted by Crippen LogP contribution is -3.00. The summed E-state index contributed by atoms with van der Waals surface area (Å²) in [5.74, 6) is 4.68. The van der Waals surface area contributed by atoms with Gasteiger partial charge in [0, 0.05) is 0 Å². The zero-order chi connectivity index (χ0) is 8.91. The molecule has 0 heterocycles. The van der Waals surface area contributed by atoms with Gasteiger partial charge in [0.05, 0.1) is 20.7 Å². The highest BCUT2D eigenvalue weighted by Gasteiger charge is 2.17. The molecular formula is C6H16BrN3O2. The monoisotopic (exact) mass is 241 g/mol. The maximum Gasteiger partial charge on any atom is 0.289 e. The number of quaternary nitrogens is 1. The smallest absolute Gasteiger partial charge is 0.289 e. The van der Waals surface area contributed by atoms with E-state index in [1.54, 1.807) is 0 Å². The molecule has 1 amide bonds. The van der Waals surface area contributed by atoms with E-state index < -0.39 is 0 Å². The number of nitrogens with one attached hydrogen (secondary N) is 1. The van der Waals surface area contributed by atoms with E-state index >= 15 is 0 Å². The van der Waals surface area contributed by atoms with E-state index in [1.165, 1.54) is 0 Å². The van der Waals surface area contributed by atoms with Gasteiger partial charge >= 0.3 is 0 Å². The van der Waals surface area contributed by atoms with Crippen molar-refractivity contribution in [1.82, 2.24) is 5.43 Å². The molecule has 0 aromatic heterocycles. The van der Waals surface area contributed by atoms with Gasteiger partial charge in [-0.2, -0.15) is 0 Å². The van der Waals surface area contributed by atoms with Gasteiger partial charge in [0.25, 0.3) is 5.91 Å². The lowest BCUT2D eigenvalue weighted by Gasteiger charge is -2.27. The van der Waals surface area contributed by atoms with Crippen molar-refractivity contribution in [2.24, 2.45) is 5.84 Å². The number of carbonyl (C=O) groups excluding carboxylic acids is 1. The highest BCUT2D eigenvalue weighted by Crippen LogP contribution is 1.93. The number of rotatable bonds is 4. The number of likely N-dealkylation sites (N-methyl/N-ethyl adjacent to an activating group) is 1. The van der Waals surface area contributed by atoms with E-state index in [9.17, 15) is 4.79 Å². The fourth-order valence-electron chi connectivity index (χ4n) is 0.784. The van der Waals surface area contributed by atoms with Crippen LogP contribution in [0.25, 0.3) is 0 Å². The largest absolute Gasteiger partial charge is 1.00 e. The summed E-state index contributed by atoms with van der Waals surface area (Å²) < 4.78 is 0.444. The third-order valence-corrected chi connectivity index (χ3v) is 1.44. The minimum Gasteiger partial charge on any atom is -1.00 e. The summed E-state index contributed by atoms with van der Waals surface area (Å²) in [5, 5.41) is 8.61. The Bertz CT molecular complexity index is 141. The minimum absolute atomic E-state index is 0. The summed E-state index contributed by atoms with van der Waals surface area (Å²) in [5.41, 5.74) is 2.04. The average Bonchev–Trinajstić information content (AvgIpc) is 1.86. The second kappa shape index (κ2) is 6.36. The molecule has 74 valence electrons. The summed E-state index contributed by atoms with van der Waals surface area (Å²) in [7, 11) is 3.71. The van der Waals surface area contributed by atoms with Crippen molar-refractivity contribution < 1.29 is 31.4 Å². The average molecular weight is 242 g/mol. The fraction of sp³-hybridized carbons (Fsp3) is 0.833. The van der Waals surface area contributed by atoms with Crippen molar-refractivity contribution in [3.05, 3.63) is 0 Å². The normalized spacial score (nSPS) is 10.3. The van der Waals surface area contributed by atoms with Crippen LogP contribution in [0.15, 0.2) is 0 Å². The molecular weight excluding hydrogens is 226 g/mol. The van der Waals surface area contributed by atoms with Gasteiger partial charge in [-0.25, -0.2) is 5.84 Å². The molecule has 4 N–H and O–H groups in total. The first-order valence-electron chi connectivity index (χ1n) is 3.44. The zero-order valence-corrected chi connectivity index (χ0v) is 8.97. The first-order valence-corrected chi connectivity index (χ1v) is 3.44. The van der Waals surface area contributed by atoms with Crippen molar-refractivity contribution in [2.75, 3.05) is 33.8 Å². The Morgan fingerprint density at radius 3 is 2.42 bits per heavy atom. The fourth-order valence-corrected chi connectivity index (χ4v) is 0.784. The van der Waals surface area contributed by atoms with Gasteiger partial charge in [-0.15, -0.1) is 0 Å². The zero-order valence-electron chi connectivity index (χ0n) is 7.38. The number of carbonyl (C=O) groups is 1. The Morgan fingerprint density at radius 2 is 2.08 bits per heavy atom. The highest BCUT2D eigenvalue weighted by atomic mass is 79.9. The molecule has 0 aliphatic heterocycles. The SMILES string of the molecule is C[N+](C)(CCO)CC(=O)NN.[Br-]. The summed E-state index contributed by atoms with van der Waals surface area (Å²) >= 11 is 0. The Labute approximate surface area is 82.9 Å². The van der Waals surface area contributed by atoms with Gasteiger partial charge in [-0.05, 0) is 0 Å². The Balaban J connectivity index is 0. The van der Waals surface area contributed by atoms with Crippen LogP contribution in [0, 0.1) is 0 Å². The third kappa shape index (κ3) is 6.53. The van der Waals surface area contributed by atoms with Crippen LogP contribution in [0.1, 0.15) is 0 Å². The van der Waals surface area contributed by atoms with Crippen molar-refractivity contribution in [2.45, 2.75) is 0 Å². The van der Waals surface area contributed by atoms with E-state index in [4.69, 9.17) is 10.9 Å². The van der Waals surface area contributed by atoms with Gasteiger partial charge in [-0.1, -0.05) is 0 Å². The van der Waals surface area contributed by atoms with E-state index in [2.05, 4.69) is 0 Å². The molecule has 0 radical (unpaired) electrons. The molecule has 0 aromatic carbocycles. The predicted octanol–water partition coefficient (Wildman–Crippen LogP) is -4.95. The van der Waals surface area contributed by atoms with Gasteiger partial charge in [-0.3, -0.25) is 10.2 Å². The van der Waals surface area contributed by atoms with Crippen LogP contribution in [-0.4, -0.2) is 49.3 Å². The van der Waals surface area contributed by atoms with Crippen LogP contribution < -0.4 is 28.2 Å². The summed E-state index contributed by atoms with van der Waals surface area (Å²) in [4.78, 5) is 10.8. The quantitative estimate of drug-likeness (QED) is 0.200. The van der Waals surface area contributed by atoms with E-state index in [1.807, 2.05) is 19.5 Å². The number of halogens is 1. The molecule has 0 aliphatic carbocycles. The van der Waals surface area contributed by atoms with Crippen LogP contribution in [0.2, 0.25) is 0 Å². The molecule has 0 fully saturated rings. The maximum atomic E-state index is 10.8. The summed E-state index contributed by atoms with van der Waals surface area (Å²) in [6.45, 7) is 0.912. The Morgan fingerprint density at radius 1 is 1.58 bits per heavy atom. The summed E-state index contributed by atoms with van der Waals surface area (Å²) in [6.07, 6.45) is 0. The number of hydrogen-bond acceptors (Lipinski definition) is 3. The minimum atomic E-state index is -0.219. The van der Waals surface area contributed by atoms with Crippen LogP contribution >= 0.6 is 0 Å². The molecule has 0 saturated carbocycles. The van der Waals surface area contributed by atoms with Gasteiger partial charge in [0.1, 0.15) is 6.54 Å². The number of hydrazine groups is 1. The van der Waals surface area contributed by atoms with Crippen molar-refractivity contribution >= 4 is 5.91 Å². The van der Waals surface area contributed by atoms with E-state index in [-0.39, 0.29) is 36.0 Å². The van der Waals surface area contributed by atoms with Crippen LogP contribution in [0.4, 0.5) is 0 Å². The Kier molecular flexibility index (Phi) is 7.61. The number of amides is 1. The Hall–Kier alpha value is -0.170. The molecule has 0 atom stereocenters. The standard InChI is InChI=1S/C6H15N3O2.BrH/c1-9(2,3-4-10)5-6(11)8-7;/h10H,3-5,7H2,1-2H3;1H. The lowest BCUT2D eigenvalue weighted by molar-refractivity contribution is -0.882. The molecule has 0 saturated heterocycles. The molecule has 6 heteroatoms. The summed E-state index contributed by atoms with van der Waals surface area (Å²) in [6, 6.07) is 0. The molecule has 5 nitrogen and oxygen atoms in total. The number of hydrogen-bond donors (Lipinski definition) is 3. The first-order chi connectivity index (χ1) is 5.02. The molecule has 0 aromatic rings. The molecule has 0 rings (SSSR count). The molecule has 0 bridgehead atoms. The second-order valence-corrected chi connectivity index (χ2v) is 3.11. The third-order valence-electron chi connectivity index (χ3n) is 1.44. The molecule has 0 unspecified atom stereocenters. The second-order valence-electron chi connectivity index (χ2n) is 3.11. The number of nitrogens with two attached hydrogens (primary N) is 1. The maximum absolute atomic E-state index is 10.8. The molecule has 12 heavy (non-hydrogen) atoms. The van der Waals surface area contributed by atoms with Crippen molar-refractivity contribution in [1.29, 1.82) is 0 Å². The first kappa shape index (κ1) is 14.4. The van der Waals surface area contributed by atoms with Crippen LogP contribution in [0.3, 0.4) is 0 Å². The van der Waals surface area contributed by atoms with E-state index in [0.29, 0.717) is 11.0 Å². The number of aliphatic hydroxyl groups excluding tert-OH is 1.